The van der Waals surface area contributed by atoms with Crippen molar-refractivity contribution < 1.29 is 4.79 Å². The van der Waals surface area contributed by atoms with Crippen molar-refractivity contribution in [3.63, 3.8) is 0 Å². The van der Waals surface area contributed by atoms with E-state index in [0.29, 0.717) is 12.2 Å². The fourth-order valence-electron chi connectivity index (χ4n) is 4.42. The molecule has 6 nitrogen and oxygen atoms in total. The van der Waals surface area contributed by atoms with Gasteiger partial charge in [-0.25, -0.2) is 0 Å². The van der Waals surface area contributed by atoms with Gasteiger partial charge in [-0.15, -0.1) is 10.2 Å². The summed E-state index contributed by atoms with van der Waals surface area (Å²) >= 11 is 1.46. The van der Waals surface area contributed by atoms with Crippen molar-refractivity contribution >= 4 is 23.7 Å². The first kappa shape index (κ1) is 25.0. The average molecular weight is 510 g/mol. The lowest BCUT2D eigenvalue weighted by atomic mass is 10.1. The number of nitrogens with zero attached hydrogens (tertiary/aromatic N) is 5. The molecule has 7 heteroatoms. The normalized spacial score (nSPS) is 14.3. The predicted molar refractivity (Wildman–Crippen MR) is 150 cm³/mol. The number of para-hydroxylation sites is 1. The van der Waals surface area contributed by atoms with Crippen LogP contribution in [0.1, 0.15) is 17.0 Å². The van der Waals surface area contributed by atoms with Crippen LogP contribution in [-0.4, -0.2) is 68.9 Å². The number of amides is 1. The Hall–Kier alpha value is -3.68. The van der Waals surface area contributed by atoms with Gasteiger partial charge in [-0.2, -0.15) is 0 Å². The minimum atomic E-state index is 0.150. The Labute approximate surface area is 222 Å². The van der Waals surface area contributed by atoms with Crippen molar-refractivity contribution in [2.45, 2.75) is 11.6 Å². The van der Waals surface area contributed by atoms with E-state index in [0.717, 1.165) is 49.4 Å². The van der Waals surface area contributed by atoms with Crippen LogP contribution in [0.2, 0.25) is 0 Å². The van der Waals surface area contributed by atoms with Crippen molar-refractivity contribution in [1.29, 1.82) is 0 Å². The number of thioether (sulfide) groups is 1. The van der Waals surface area contributed by atoms with Gasteiger partial charge in [-0.1, -0.05) is 103 Å². The van der Waals surface area contributed by atoms with Gasteiger partial charge in [0, 0.05) is 44.8 Å². The molecule has 0 bridgehead atoms. The molecule has 0 unspecified atom stereocenters. The van der Waals surface area contributed by atoms with Crippen LogP contribution in [-0.2, 0) is 11.2 Å². The highest BCUT2D eigenvalue weighted by molar-refractivity contribution is 7.99. The summed E-state index contributed by atoms with van der Waals surface area (Å²) in [6, 6.07) is 30.7. The second-order valence-electron chi connectivity index (χ2n) is 9.02. The van der Waals surface area contributed by atoms with Crippen LogP contribution in [0.4, 0.5) is 0 Å². The Morgan fingerprint density at radius 3 is 2.16 bits per heavy atom. The fraction of sp³-hybridized carbons (Fsp3) is 0.233. The average Bonchev–Trinajstić information content (AvgIpc) is 3.36. The van der Waals surface area contributed by atoms with E-state index in [4.69, 9.17) is 0 Å². The van der Waals surface area contributed by atoms with Gasteiger partial charge in [0.25, 0.3) is 0 Å². The molecule has 1 aromatic heterocycles. The quantitative estimate of drug-likeness (QED) is 0.303. The van der Waals surface area contributed by atoms with Crippen LogP contribution in [0.25, 0.3) is 11.8 Å². The van der Waals surface area contributed by atoms with Crippen molar-refractivity contribution in [2.75, 3.05) is 38.5 Å². The summed E-state index contributed by atoms with van der Waals surface area (Å²) in [7, 11) is 0. The molecule has 0 atom stereocenters. The van der Waals surface area contributed by atoms with Crippen molar-refractivity contribution in [3.8, 4) is 5.69 Å². The summed E-state index contributed by atoms with van der Waals surface area (Å²) in [6.45, 7) is 4.18. The van der Waals surface area contributed by atoms with Crippen LogP contribution >= 0.6 is 11.8 Å². The summed E-state index contributed by atoms with van der Waals surface area (Å²) in [5, 5.41) is 9.70. The minimum Gasteiger partial charge on any atom is -0.339 e. The maximum atomic E-state index is 13.0. The van der Waals surface area contributed by atoms with Gasteiger partial charge >= 0.3 is 0 Å². The number of hydrogen-bond donors (Lipinski definition) is 0. The second kappa shape index (κ2) is 12.5. The topological polar surface area (TPSA) is 54.3 Å². The Morgan fingerprint density at radius 2 is 1.46 bits per heavy atom. The van der Waals surface area contributed by atoms with E-state index in [2.05, 4.69) is 80.3 Å². The number of carbonyl (C=O) groups excluding carboxylic acids is 1. The van der Waals surface area contributed by atoms with Crippen molar-refractivity contribution in [3.05, 3.63) is 114 Å². The van der Waals surface area contributed by atoms with E-state index in [-0.39, 0.29) is 5.91 Å². The van der Waals surface area contributed by atoms with Crippen molar-refractivity contribution in [1.82, 2.24) is 24.6 Å². The smallest absolute Gasteiger partial charge is 0.233 e. The maximum Gasteiger partial charge on any atom is 0.233 e. The first-order valence-electron chi connectivity index (χ1n) is 12.6. The number of benzene rings is 3. The van der Waals surface area contributed by atoms with Gasteiger partial charge in [0.05, 0.1) is 5.75 Å². The summed E-state index contributed by atoms with van der Waals surface area (Å²) in [5.41, 5.74) is 3.39. The third-order valence-electron chi connectivity index (χ3n) is 6.44. The summed E-state index contributed by atoms with van der Waals surface area (Å²) in [4.78, 5) is 17.4. The fourth-order valence-corrected chi connectivity index (χ4v) is 5.30. The molecular weight excluding hydrogens is 478 g/mol. The molecule has 0 saturated carbocycles. The van der Waals surface area contributed by atoms with Crippen LogP contribution in [0.5, 0.6) is 0 Å². The number of piperazine rings is 1. The second-order valence-corrected chi connectivity index (χ2v) is 9.96. The lowest BCUT2D eigenvalue weighted by Gasteiger charge is -2.34. The Bertz CT molecular complexity index is 1300. The highest BCUT2D eigenvalue weighted by Gasteiger charge is 2.22. The van der Waals surface area contributed by atoms with Gasteiger partial charge in [0.2, 0.25) is 5.91 Å². The Kier molecular flexibility index (Phi) is 8.46. The summed E-state index contributed by atoms with van der Waals surface area (Å²) in [5.74, 6) is 1.37. The molecule has 0 N–H and O–H groups in total. The molecule has 1 fully saturated rings. The van der Waals surface area contributed by atoms with Gasteiger partial charge in [-0.3, -0.25) is 14.3 Å². The maximum absolute atomic E-state index is 13.0. The lowest BCUT2D eigenvalue weighted by Crippen LogP contribution is -2.49. The largest absolute Gasteiger partial charge is 0.339 e. The molecule has 3 aromatic carbocycles. The number of hydrogen-bond acceptors (Lipinski definition) is 5. The van der Waals surface area contributed by atoms with Gasteiger partial charge < -0.3 is 4.90 Å². The standard InChI is InChI=1S/C30H31N5OS/c36-29(34-21-19-33(20-22-34)18-10-15-25-11-4-1-5-12-25)24-37-30-32-31-28(23-26-13-6-2-7-14-26)35(30)27-16-8-3-9-17-27/h1-17H,18-24H2/b15-10+. The van der Waals surface area contributed by atoms with E-state index in [1.165, 1.54) is 22.9 Å². The molecule has 0 radical (unpaired) electrons. The highest BCUT2D eigenvalue weighted by Crippen LogP contribution is 2.24. The van der Waals surface area contributed by atoms with Gasteiger partial charge in [0.15, 0.2) is 5.16 Å². The number of aromatic nitrogens is 3. The SMILES string of the molecule is O=C(CSc1nnc(Cc2ccccc2)n1-c1ccccc1)N1CCN(C/C=C/c2ccccc2)CC1. The van der Waals surface area contributed by atoms with Crippen LogP contribution in [0, 0.1) is 0 Å². The molecular formula is C30H31N5OS. The molecule has 1 amide bonds. The Balaban J connectivity index is 1.17. The van der Waals surface area contributed by atoms with E-state index in [9.17, 15) is 4.79 Å². The molecule has 1 aliphatic rings. The molecule has 2 heterocycles. The zero-order valence-corrected chi connectivity index (χ0v) is 21.6. The van der Waals surface area contributed by atoms with Crippen LogP contribution in [0.15, 0.2) is 102 Å². The van der Waals surface area contributed by atoms with Crippen LogP contribution < -0.4 is 0 Å². The Morgan fingerprint density at radius 1 is 0.811 bits per heavy atom. The first-order valence-corrected chi connectivity index (χ1v) is 13.6. The molecule has 37 heavy (non-hydrogen) atoms. The van der Waals surface area contributed by atoms with E-state index in [1.807, 2.05) is 47.4 Å². The molecule has 4 aromatic rings. The minimum absolute atomic E-state index is 0.150. The van der Waals surface area contributed by atoms with Gasteiger partial charge in [-0.05, 0) is 23.3 Å². The predicted octanol–water partition coefficient (Wildman–Crippen LogP) is 4.81. The number of carbonyl (C=O) groups is 1. The molecule has 1 saturated heterocycles. The monoisotopic (exact) mass is 509 g/mol. The third-order valence-corrected chi connectivity index (χ3v) is 7.36. The van der Waals surface area contributed by atoms with Crippen molar-refractivity contribution in [2.24, 2.45) is 0 Å². The summed E-state index contributed by atoms with van der Waals surface area (Å²) < 4.78 is 2.07. The first-order chi connectivity index (χ1) is 18.3. The molecule has 188 valence electrons. The van der Waals surface area contributed by atoms with E-state index >= 15 is 0 Å². The molecule has 5 rings (SSSR count). The lowest BCUT2D eigenvalue weighted by molar-refractivity contribution is -0.130. The van der Waals surface area contributed by atoms with Crippen LogP contribution in [0.3, 0.4) is 0 Å². The zero-order chi connectivity index (χ0) is 25.3. The summed E-state index contributed by atoms with van der Waals surface area (Å²) in [6.07, 6.45) is 5.03. The molecule has 1 aliphatic heterocycles. The molecule has 0 aliphatic carbocycles. The number of rotatable bonds is 9. The van der Waals surface area contributed by atoms with E-state index in [1.54, 1.807) is 0 Å². The van der Waals surface area contributed by atoms with Gasteiger partial charge in [0.1, 0.15) is 5.82 Å². The van der Waals surface area contributed by atoms with E-state index < -0.39 is 0 Å². The third kappa shape index (κ3) is 6.76. The highest BCUT2D eigenvalue weighted by atomic mass is 32.2. The molecule has 0 spiro atoms. The zero-order valence-electron chi connectivity index (χ0n) is 20.8.